The van der Waals surface area contributed by atoms with Gasteiger partial charge in [-0.25, -0.2) is 0 Å². The Morgan fingerprint density at radius 3 is 1.70 bits per heavy atom. The summed E-state index contributed by atoms with van der Waals surface area (Å²) in [4.78, 5) is 9.61. The summed E-state index contributed by atoms with van der Waals surface area (Å²) >= 11 is 0. The zero-order chi connectivity index (χ0) is 8.41. The summed E-state index contributed by atoms with van der Waals surface area (Å²) in [6, 6.07) is 0.789. The van der Waals surface area contributed by atoms with E-state index < -0.39 is 16.9 Å². The molecule has 0 rings (SSSR count). The molecule has 0 radical (unpaired) electrons. The van der Waals surface area contributed by atoms with Gasteiger partial charge >= 0.3 is 8.56 Å². The zero-order valence-electron chi connectivity index (χ0n) is 7.56. The molecule has 10 heavy (non-hydrogen) atoms. The maximum atomic E-state index is 9.61. The van der Waals surface area contributed by atoms with Crippen molar-refractivity contribution in [3.8, 4) is 0 Å². The van der Waals surface area contributed by atoms with E-state index in [1.54, 1.807) is 0 Å². The molecule has 0 amide bonds. The predicted octanol–water partition coefficient (Wildman–Crippen LogP) is 1.92. The average molecular weight is 178 g/mol. The lowest BCUT2D eigenvalue weighted by atomic mass is 11.0. The molecule has 0 aliphatic rings. The van der Waals surface area contributed by atoms with Gasteiger partial charge in [-0.15, -0.1) is 0 Å². The molecule has 0 fully saturated rings. The van der Waals surface area contributed by atoms with Crippen LogP contribution in [0.4, 0.5) is 0 Å². The number of hydrogen-bond donors (Lipinski definition) is 1. The van der Waals surface area contributed by atoms with Crippen LogP contribution in [0.25, 0.3) is 0 Å². The largest absolute Gasteiger partial charge is 0.436 e. The van der Waals surface area contributed by atoms with Crippen LogP contribution in [0.5, 0.6) is 0 Å². The third-order valence-corrected chi connectivity index (χ3v) is 6.70. The standard InChI is InChI=1S/C6H18O2Si2/c1-6-10(5,7)8-9(2,3)4/h7H,6H2,1-5H3. The first-order valence-electron chi connectivity index (χ1n) is 3.69. The van der Waals surface area contributed by atoms with Gasteiger partial charge in [-0.1, -0.05) is 6.92 Å². The summed E-state index contributed by atoms with van der Waals surface area (Å²) in [5, 5.41) is 0. The maximum absolute atomic E-state index is 9.61. The summed E-state index contributed by atoms with van der Waals surface area (Å²) in [5.41, 5.74) is 0. The number of hydrogen-bond acceptors (Lipinski definition) is 2. The second-order valence-corrected chi connectivity index (χ2v) is 11.8. The van der Waals surface area contributed by atoms with Gasteiger partial charge < -0.3 is 8.91 Å². The molecule has 0 saturated carbocycles. The van der Waals surface area contributed by atoms with Crippen LogP contribution in [0.3, 0.4) is 0 Å². The van der Waals surface area contributed by atoms with E-state index in [0.29, 0.717) is 0 Å². The Morgan fingerprint density at radius 2 is 1.60 bits per heavy atom. The Balaban J connectivity index is 3.89. The molecule has 0 spiro atoms. The zero-order valence-corrected chi connectivity index (χ0v) is 9.56. The van der Waals surface area contributed by atoms with Gasteiger partial charge in [0, 0.05) is 0 Å². The van der Waals surface area contributed by atoms with Crippen LogP contribution in [0.1, 0.15) is 6.92 Å². The van der Waals surface area contributed by atoms with Crippen LogP contribution >= 0.6 is 0 Å². The third kappa shape index (κ3) is 5.16. The smallest absolute Gasteiger partial charge is 0.321 e. The van der Waals surface area contributed by atoms with Crippen molar-refractivity contribution in [2.75, 3.05) is 0 Å². The van der Waals surface area contributed by atoms with Gasteiger partial charge in [0.2, 0.25) is 0 Å². The first-order chi connectivity index (χ1) is 4.27. The van der Waals surface area contributed by atoms with Gasteiger partial charge in [0.05, 0.1) is 0 Å². The fourth-order valence-electron chi connectivity index (χ4n) is 0.732. The molecule has 2 nitrogen and oxygen atoms in total. The third-order valence-electron chi connectivity index (χ3n) is 1.18. The molecule has 0 aromatic rings. The Bertz CT molecular complexity index is 107. The molecular formula is C6H18O2Si2. The highest BCUT2D eigenvalue weighted by atomic mass is 28.4. The van der Waals surface area contributed by atoms with Crippen molar-refractivity contribution in [1.29, 1.82) is 0 Å². The molecule has 1 unspecified atom stereocenters. The second-order valence-electron chi connectivity index (χ2n) is 3.74. The SMILES string of the molecule is CC[Si](C)(O)O[Si](C)(C)C. The summed E-state index contributed by atoms with van der Waals surface area (Å²) < 4.78 is 5.61. The minimum atomic E-state index is -2.25. The van der Waals surface area contributed by atoms with Crippen molar-refractivity contribution in [2.24, 2.45) is 0 Å². The van der Waals surface area contributed by atoms with E-state index in [0.717, 1.165) is 6.04 Å². The van der Waals surface area contributed by atoms with Crippen molar-refractivity contribution >= 4 is 16.9 Å². The van der Waals surface area contributed by atoms with Gasteiger partial charge in [-0.2, -0.15) is 0 Å². The Labute approximate surface area is 65.6 Å². The van der Waals surface area contributed by atoms with Crippen molar-refractivity contribution in [3.63, 3.8) is 0 Å². The Hall–Kier alpha value is 0.354. The quantitative estimate of drug-likeness (QED) is 0.669. The van der Waals surface area contributed by atoms with Crippen molar-refractivity contribution in [2.45, 2.75) is 39.2 Å². The van der Waals surface area contributed by atoms with Gasteiger partial charge in [0.25, 0.3) is 0 Å². The van der Waals surface area contributed by atoms with Crippen LogP contribution in [-0.4, -0.2) is 21.7 Å². The highest BCUT2D eigenvalue weighted by molar-refractivity contribution is 6.81. The first-order valence-corrected chi connectivity index (χ1v) is 9.66. The predicted molar refractivity (Wildman–Crippen MR) is 48.7 cm³/mol. The van der Waals surface area contributed by atoms with E-state index in [1.165, 1.54) is 0 Å². The van der Waals surface area contributed by atoms with Gasteiger partial charge in [0.15, 0.2) is 8.32 Å². The molecule has 4 heteroatoms. The van der Waals surface area contributed by atoms with E-state index in [2.05, 4.69) is 19.6 Å². The monoisotopic (exact) mass is 178 g/mol. The van der Waals surface area contributed by atoms with E-state index in [4.69, 9.17) is 4.12 Å². The minimum Gasteiger partial charge on any atom is -0.436 e. The molecule has 0 heterocycles. The van der Waals surface area contributed by atoms with E-state index >= 15 is 0 Å². The average Bonchev–Trinajstić information content (AvgIpc) is 1.60. The number of rotatable bonds is 3. The highest BCUT2D eigenvalue weighted by Gasteiger charge is 2.30. The van der Waals surface area contributed by atoms with Gasteiger partial charge in [0.1, 0.15) is 0 Å². The van der Waals surface area contributed by atoms with E-state index in [-0.39, 0.29) is 0 Å². The maximum Gasteiger partial charge on any atom is 0.321 e. The normalized spacial score (nSPS) is 18.6. The lowest BCUT2D eigenvalue weighted by Crippen LogP contribution is -2.44. The molecule has 1 N–H and O–H groups in total. The molecule has 0 saturated heterocycles. The van der Waals surface area contributed by atoms with Crippen LogP contribution < -0.4 is 0 Å². The Kier molecular flexibility index (Phi) is 3.28. The molecule has 0 aliphatic carbocycles. The summed E-state index contributed by atoms with van der Waals surface area (Å²) in [6.45, 7) is 10.1. The fourth-order valence-corrected chi connectivity index (χ4v) is 6.59. The van der Waals surface area contributed by atoms with Gasteiger partial charge in [-0.05, 0) is 32.2 Å². The molecule has 0 aliphatic heterocycles. The van der Waals surface area contributed by atoms with Gasteiger partial charge in [-0.3, -0.25) is 0 Å². The van der Waals surface area contributed by atoms with E-state index in [1.807, 2.05) is 13.5 Å². The van der Waals surface area contributed by atoms with Crippen molar-refractivity contribution in [1.82, 2.24) is 0 Å². The van der Waals surface area contributed by atoms with Crippen LogP contribution in [0, 0.1) is 0 Å². The molecule has 0 bridgehead atoms. The Morgan fingerprint density at radius 1 is 1.20 bits per heavy atom. The summed E-state index contributed by atoms with van der Waals surface area (Å²) in [7, 11) is -3.75. The van der Waals surface area contributed by atoms with Crippen LogP contribution in [0.2, 0.25) is 32.2 Å². The van der Waals surface area contributed by atoms with Crippen molar-refractivity contribution in [3.05, 3.63) is 0 Å². The summed E-state index contributed by atoms with van der Waals surface area (Å²) in [6.07, 6.45) is 0. The highest BCUT2D eigenvalue weighted by Crippen LogP contribution is 2.14. The lowest BCUT2D eigenvalue weighted by Gasteiger charge is -2.28. The molecular weight excluding hydrogens is 160 g/mol. The van der Waals surface area contributed by atoms with E-state index in [9.17, 15) is 4.80 Å². The minimum absolute atomic E-state index is 0.789. The fraction of sp³-hybridized carbons (Fsp3) is 1.00. The topological polar surface area (TPSA) is 29.5 Å². The van der Waals surface area contributed by atoms with Crippen LogP contribution in [0.15, 0.2) is 0 Å². The molecule has 62 valence electrons. The van der Waals surface area contributed by atoms with Crippen molar-refractivity contribution < 1.29 is 8.91 Å². The summed E-state index contributed by atoms with van der Waals surface area (Å²) in [5.74, 6) is 0. The molecule has 0 aromatic heterocycles. The lowest BCUT2D eigenvalue weighted by molar-refractivity contribution is 0.379. The molecule has 0 aromatic carbocycles. The van der Waals surface area contributed by atoms with Crippen LogP contribution in [-0.2, 0) is 4.12 Å². The first kappa shape index (κ1) is 10.4. The molecule has 1 atom stereocenters. The second kappa shape index (κ2) is 3.17.